The number of sulfonamides is 1. The van der Waals surface area contributed by atoms with Gasteiger partial charge in [0.1, 0.15) is 5.75 Å². The normalized spacial score (nSPS) is 11.5. The number of amides is 2. The van der Waals surface area contributed by atoms with Crippen LogP contribution in [0.1, 0.15) is 19.4 Å². The molecule has 0 saturated carbocycles. The minimum absolute atomic E-state index is 0.184. The summed E-state index contributed by atoms with van der Waals surface area (Å²) in [5.41, 5.74) is 5.08. The second kappa shape index (κ2) is 11.5. The summed E-state index contributed by atoms with van der Waals surface area (Å²) in [4.78, 5) is 23.8. The van der Waals surface area contributed by atoms with E-state index in [0.29, 0.717) is 29.4 Å². The van der Waals surface area contributed by atoms with Crippen LogP contribution in [0.4, 0.5) is 0 Å². The van der Waals surface area contributed by atoms with Gasteiger partial charge in [-0.3, -0.25) is 20.4 Å². The first-order valence-electron chi connectivity index (χ1n) is 9.52. The Kier molecular flexibility index (Phi) is 9.04. The maximum absolute atomic E-state index is 12.5. The molecule has 0 unspecified atom stereocenters. The Balaban J connectivity index is 1.84. The molecule has 0 radical (unpaired) electrons. The molecule has 0 aliphatic heterocycles. The first-order chi connectivity index (χ1) is 14.8. The summed E-state index contributed by atoms with van der Waals surface area (Å²) in [5.74, 6) is -0.768. The number of benzene rings is 2. The van der Waals surface area contributed by atoms with Gasteiger partial charge in [0.15, 0.2) is 6.61 Å². The van der Waals surface area contributed by atoms with Gasteiger partial charge < -0.3 is 4.74 Å². The van der Waals surface area contributed by atoms with Gasteiger partial charge in [0.05, 0.1) is 9.92 Å². The van der Waals surface area contributed by atoms with Crippen molar-refractivity contribution in [2.24, 2.45) is 0 Å². The highest BCUT2D eigenvalue weighted by Crippen LogP contribution is 2.22. The molecule has 0 aliphatic rings. The lowest BCUT2D eigenvalue weighted by atomic mass is 10.2. The molecule has 2 aromatic rings. The second-order valence-corrected chi connectivity index (χ2v) is 8.59. The minimum atomic E-state index is -3.53. The second-order valence-electron chi connectivity index (χ2n) is 6.25. The molecule has 0 atom stereocenters. The Morgan fingerprint density at radius 1 is 1.03 bits per heavy atom. The summed E-state index contributed by atoms with van der Waals surface area (Å²) in [5, 5.41) is 0.373. The third-order valence-electron chi connectivity index (χ3n) is 4.17. The molecule has 0 aliphatic carbocycles. The van der Waals surface area contributed by atoms with Gasteiger partial charge >= 0.3 is 0 Å². The number of hydrogen-bond acceptors (Lipinski definition) is 5. The van der Waals surface area contributed by atoms with E-state index in [4.69, 9.17) is 16.3 Å². The van der Waals surface area contributed by atoms with E-state index in [1.807, 2.05) is 0 Å². The van der Waals surface area contributed by atoms with E-state index in [2.05, 4.69) is 10.9 Å². The van der Waals surface area contributed by atoms with Crippen LogP contribution in [0.15, 0.2) is 59.5 Å². The SMILES string of the molecule is CCN(CC)S(=O)(=O)c1ccc(/C=C/C(=O)NNC(=O)COc2ccccc2Cl)cc1. The summed E-state index contributed by atoms with van der Waals surface area (Å²) in [6.45, 7) is 4.00. The third kappa shape index (κ3) is 7.09. The first kappa shape index (κ1) is 24.4. The van der Waals surface area contributed by atoms with Gasteiger partial charge in [0.25, 0.3) is 11.8 Å². The zero-order valence-electron chi connectivity index (χ0n) is 17.2. The molecule has 166 valence electrons. The Bertz CT molecular complexity index is 1040. The number of nitrogens with zero attached hydrogens (tertiary/aromatic N) is 1. The van der Waals surface area contributed by atoms with Crippen molar-refractivity contribution in [2.75, 3.05) is 19.7 Å². The number of rotatable bonds is 9. The molecule has 0 bridgehead atoms. The van der Waals surface area contributed by atoms with Gasteiger partial charge in [-0.2, -0.15) is 4.31 Å². The van der Waals surface area contributed by atoms with E-state index in [1.165, 1.54) is 28.6 Å². The smallest absolute Gasteiger partial charge is 0.276 e. The van der Waals surface area contributed by atoms with Gasteiger partial charge in [-0.05, 0) is 35.9 Å². The molecular formula is C21H24ClN3O5S. The van der Waals surface area contributed by atoms with Gasteiger partial charge in [0.2, 0.25) is 10.0 Å². The lowest BCUT2D eigenvalue weighted by molar-refractivity contribution is -0.128. The molecule has 2 N–H and O–H groups in total. The Labute approximate surface area is 186 Å². The number of para-hydroxylation sites is 1. The van der Waals surface area contributed by atoms with E-state index in [0.717, 1.165) is 0 Å². The largest absolute Gasteiger partial charge is 0.482 e. The van der Waals surface area contributed by atoms with Crippen LogP contribution in [0.5, 0.6) is 5.75 Å². The Hall–Kier alpha value is -2.88. The minimum Gasteiger partial charge on any atom is -0.482 e. The van der Waals surface area contributed by atoms with Crippen LogP contribution < -0.4 is 15.6 Å². The fraction of sp³-hybridized carbons (Fsp3) is 0.238. The fourth-order valence-electron chi connectivity index (χ4n) is 2.55. The van der Waals surface area contributed by atoms with Crippen LogP contribution in [-0.2, 0) is 19.6 Å². The number of carbonyl (C=O) groups is 2. The number of carbonyl (C=O) groups excluding carboxylic acids is 2. The van der Waals surface area contributed by atoms with Crippen molar-refractivity contribution < 1.29 is 22.7 Å². The summed E-state index contributed by atoms with van der Waals surface area (Å²) in [6, 6.07) is 12.9. The van der Waals surface area contributed by atoms with E-state index >= 15 is 0 Å². The van der Waals surface area contributed by atoms with Crippen molar-refractivity contribution in [3.8, 4) is 5.75 Å². The topological polar surface area (TPSA) is 105 Å². The molecule has 2 aromatic carbocycles. The Morgan fingerprint density at radius 3 is 2.29 bits per heavy atom. The van der Waals surface area contributed by atoms with Crippen LogP contribution in [0.25, 0.3) is 6.08 Å². The van der Waals surface area contributed by atoms with Crippen molar-refractivity contribution in [1.82, 2.24) is 15.2 Å². The van der Waals surface area contributed by atoms with Crippen molar-refractivity contribution in [1.29, 1.82) is 0 Å². The third-order valence-corrected chi connectivity index (χ3v) is 6.55. The summed E-state index contributed by atoms with van der Waals surface area (Å²) in [6.07, 6.45) is 2.71. The van der Waals surface area contributed by atoms with Gasteiger partial charge in [0, 0.05) is 19.2 Å². The highest BCUT2D eigenvalue weighted by molar-refractivity contribution is 7.89. The van der Waals surface area contributed by atoms with Crippen LogP contribution in [0.2, 0.25) is 5.02 Å². The summed E-state index contributed by atoms with van der Waals surface area (Å²) >= 11 is 5.93. The number of nitrogens with one attached hydrogen (secondary N) is 2. The highest BCUT2D eigenvalue weighted by atomic mass is 35.5. The van der Waals surface area contributed by atoms with Crippen LogP contribution in [-0.4, -0.2) is 44.2 Å². The lowest BCUT2D eigenvalue weighted by Crippen LogP contribution is -2.43. The van der Waals surface area contributed by atoms with Crippen molar-refractivity contribution in [2.45, 2.75) is 18.7 Å². The van der Waals surface area contributed by atoms with Crippen LogP contribution in [0, 0.1) is 0 Å². The molecule has 0 spiro atoms. The predicted octanol–water partition coefficient (Wildman–Crippen LogP) is 2.61. The molecule has 31 heavy (non-hydrogen) atoms. The zero-order chi connectivity index (χ0) is 22.9. The van der Waals surface area contributed by atoms with Crippen LogP contribution >= 0.6 is 11.6 Å². The van der Waals surface area contributed by atoms with Crippen molar-refractivity contribution in [3.05, 3.63) is 65.2 Å². The monoisotopic (exact) mass is 465 g/mol. The van der Waals surface area contributed by atoms with E-state index in [-0.39, 0.29) is 11.5 Å². The first-order valence-corrected chi connectivity index (χ1v) is 11.3. The summed E-state index contributed by atoms with van der Waals surface area (Å²) < 4.78 is 31.6. The van der Waals surface area contributed by atoms with E-state index in [1.54, 1.807) is 50.2 Å². The van der Waals surface area contributed by atoms with E-state index < -0.39 is 21.8 Å². The predicted molar refractivity (Wildman–Crippen MR) is 119 cm³/mol. The molecule has 10 heteroatoms. The molecule has 0 heterocycles. The maximum Gasteiger partial charge on any atom is 0.276 e. The fourth-order valence-corrected chi connectivity index (χ4v) is 4.20. The number of hydrazine groups is 1. The molecule has 2 amide bonds. The zero-order valence-corrected chi connectivity index (χ0v) is 18.7. The lowest BCUT2D eigenvalue weighted by Gasteiger charge is -2.18. The van der Waals surface area contributed by atoms with Crippen molar-refractivity contribution >= 4 is 39.5 Å². The average Bonchev–Trinajstić information content (AvgIpc) is 2.76. The molecule has 0 aromatic heterocycles. The average molecular weight is 466 g/mol. The molecule has 0 fully saturated rings. The van der Waals surface area contributed by atoms with Gasteiger partial charge in [-0.15, -0.1) is 0 Å². The standard InChI is InChI=1S/C21H24ClN3O5S/c1-3-25(4-2)31(28,29)17-12-9-16(10-13-17)11-14-20(26)23-24-21(27)15-30-19-8-6-5-7-18(19)22/h5-14H,3-4,15H2,1-2H3,(H,23,26)(H,24,27)/b14-11+. The maximum atomic E-state index is 12.5. The Morgan fingerprint density at radius 2 is 1.68 bits per heavy atom. The highest BCUT2D eigenvalue weighted by Gasteiger charge is 2.20. The number of halogens is 1. The molecule has 2 rings (SSSR count). The number of ether oxygens (including phenoxy) is 1. The molecule has 8 nitrogen and oxygen atoms in total. The summed E-state index contributed by atoms with van der Waals surface area (Å²) in [7, 11) is -3.53. The number of hydrogen-bond donors (Lipinski definition) is 2. The molecular weight excluding hydrogens is 442 g/mol. The van der Waals surface area contributed by atoms with Gasteiger partial charge in [-0.25, -0.2) is 8.42 Å². The van der Waals surface area contributed by atoms with Gasteiger partial charge in [-0.1, -0.05) is 49.7 Å². The van der Waals surface area contributed by atoms with Crippen LogP contribution in [0.3, 0.4) is 0 Å². The molecule has 0 saturated heterocycles. The van der Waals surface area contributed by atoms with Crippen molar-refractivity contribution in [3.63, 3.8) is 0 Å². The quantitative estimate of drug-likeness (QED) is 0.437. The van der Waals surface area contributed by atoms with E-state index in [9.17, 15) is 18.0 Å².